The summed E-state index contributed by atoms with van der Waals surface area (Å²) in [5.41, 5.74) is 0. The zero-order valence-electron chi connectivity index (χ0n) is 9.66. The van der Waals surface area contributed by atoms with Crippen molar-refractivity contribution in [2.75, 3.05) is 26.3 Å². The van der Waals surface area contributed by atoms with Crippen LogP contribution in [0, 0.1) is 0 Å². The molecule has 2 N–H and O–H groups in total. The van der Waals surface area contributed by atoms with Crippen LogP contribution in [0.2, 0.25) is 0 Å². The minimum absolute atomic E-state index is 0.0129. The largest absolute Gasteiger partial charge is 0.378 e. The average molecular weight is 290 g/mol. The summed E-state index contributed by atoms with van der Waals surface area (Å²) in [5.74, 6) is -0.0129. The van der Waals surface area contributed by atoms with Crippen LogP contribution in [0.25, 0.3) is 0 Å². The highest BCUT2D eigenvalue weighted by molar-refractivity contribution is 7.91. The van der Waals surface area contributed by atoms with Gasteiger partial charge >= 0.3 is 0 Å². The molecule has 1 aliphatic heterocycles. The zero-order chi connectivity index (χ0) is 13.2. The lowest BCUT2D eigenvalue weighted by molar-refractivity contribution is -0.134. The molecule has 1 amide bonds. The van der Waals surface area contributed by atoms with E-state index >= 15 is 0 Å². The third kappa shape index (κ3) is 3.29. The molecule has 0 unspecified atom stereocenters. The van der Waals surface area contributed by atoms with Gasteiger partial charge in [0.05, 0.1) is 19.6 Å². The summed E-state index contributed by atoms with van der Waals surface area (Å²) in [5, 5.41) is 5.01. The molecule has 2 rings (SSSR count). The zero-order valence-corrected chi connectivity index (χ0v) is 11.3. The molecule has 1 aliphatic rings. The van der Waals surface area contributed by atoms with E-state index in [1.165, 1.54) is 6.07 Å². The number of nitrogens with zero attached hydrogens (tertiary/aromatic N) is 1. The predicted molar refractivity (Wildman–Crippen MR) is 66.8 cm³/mol. The fourth-order valence-electron chi connectivity index (χ4n) is 1.68. The van der Waals surface area contributed by atoms with Gasteiger partial charge in [0.25, 0.3) is 0 Å². The summed E-state index contributed by atoms with van der Waals surface area (Å²) in [4.78, 5) is 14.3. The van der Waals surface area contributed by atoms with Crippen LogP contribution in [0.5, 0.6) is 0 Å². The first kappa shape index (κ1) is 13.5. The first-order chi connectivity index (χ1) is 8.47. The van der Waals surface area contributed by atoms with Crippen molar-refractivity contribution < 1.29 is 17.9 Å². The van der Waals surface area contributed by atoms with Crippen molar-refractivity contribution in [3.8, 4) is 0 Å². The molecular weight excluding hydrogens is 276 g/mol. The van der Waals surface area contributed by atoms with Crippen LogP contribution in [0.3, 0.4) is 0 Å². The number of rotatable bonds is 3. The molecule has 0 spiro atoms. The Bertz CT molecular complexity index is 532. The minimum atomic E-state index is -3.67. The molecule has 0 aromatic carbocycles. The van der Waals surface area contributed by atoms with E-state index in [0.29, 0.717) is 31.2 Å². The summed E-state index contributed by atoms with van der Waals surface area (Å²) >= 11 is 1.04. The number of ether oxygens (including phenoxy) is 1. The second-order valence-electron chi connectivity index (χ2n) is 3.94. The van der Waals surface area contributed by atoms with Gasteiger partial charge in [0, 0.05) is 18.0 Å². The second kappa shape index (κ2) is 5.35. The predicted octanol–water partition coefficient (Wildman–Crippen LogP) is -0.203. The molecule has 8 heteroatoms. The normalized spacial score (nSPS) is 16.8. The molecule has 0 atom stereocenters. The van der Waals surface area contributed by atoms with Gasteiger partial charge in [-0.2, -0.15) is 0 Å². The van der Waals surface area contributed by atoms with Crippen molar-refractivity contribution in [1.29, 1.82) is 0 Å². The van der Waals surface area contributed by atoms with Gasteiger partial charge in [-0.3, -0.25) is 4.79 Å². The molecular formula is C10H14N2O4S2. The van der Waals surface area contributed by atoms with Gasteiger partial charge in [-0.05, 0) is 12.1 Å². The highest BCUT2D eigenvalue weighted by atomic mass is 32.2. The van der Waals surface area contributed by atoms with Gasteiger partial charge in [0.15, 0.2) is 0 Å². The number of nitrogens with two attached hydrogens (primary N) is 1. The van der Waals surface area contributed by atoms with Crippen LogP contribution in [0.1, 0.15) is 4.88 Å². The van der Waals surface area contributed by atoms with Crippen LogP contribution in [-0.4, -0.2) is 45.5 Å². The lowest BCUT2D eigenvalue weighted by atomic mass is 10.3. The van der Waals surface area contributed by atoms with E-state index in [-0.39, 0.29) is 16.5 Å². The molecule has 0 bridgehead atoms. The summed E-state index contributed by atoms with van der Waals surface area (Å²) in [6.07, 6.45) is 0.209. The molecule has 1 saturated heterocycles. The number of carbonyl (C=O) groups excluding carboxylic acids is 1. The standard InChI is InChI=1S/C10H14N2O4S2/c11-18(14,15)10-2-1-8(17-10)7-9(13)12-3-5-16-6-4-12/h1-2H,3-7H2,(H2,11,14,15). The van der Waals surface area contributed by atoms with Crippen LogP contribution < -0.4 is 5.14 Å². The molecule has 1 aromatic heterocycles. The van der Waals surface area contributed by atoms with E-state index in [1.807, 2.05) is 0 Å². The van der Waals surface area contributed by atoms with Crippen LogP contribution in [0.15, 0.2) is 16.3 Å². The Labute approximate surface area is 109 Å². The second-order valence-corrected chi connectivity index (χ2v) is 6.89. The Morgan fingerprint density at radius 1 is 1.39 bits per heavy atom. The molecule has 1 aromatic rings. The van der Waals surface area contributed by atoms with E-state index in [2.05, 4.69) is 0 Å². The molecule has 2 heterocycles. The van der Waals surface area contributed by atoms with Gasteiger partial charge in [0.1, 0.15) is 4.21 Å². The molecule has 100 valence electrons. The summed E-state index contributed by atoms with van der Waals surface area (Å²) in [6, 6.07) is 3.06. The van der Waals surface area contributed by atoms with Crippen molar-refractivity contribution >= 4 is 27.3 Å². The third-order valence-electron chi connectivity index (χ3n) is 2.61. The van der Waals surface area contributed by atoms with Gasteiger partial charge in [-0.25, -0.2) is 13.6 Å². The number of sulfonamides is 1. The topological polar surface area (TPSA) is 89.7 Å². The van der Waals surface area contributed by atoms with Gasteiger partial charge in [-0.1, -0.05) is 0 Å². The fraction of sp³-hybridized carbons (Fsp3) is 0.500. The smallest absolute Gasteiger partial charge is 0.247 e. The maximum atomic E-state index is 11.9. The highest BCUT2D eigenvalue weighted by Gasteiger charge is 2.19. The number of hydrogen-bond donors (Lipinski definition) is 1. The van der Waals surface area contributed by atoms with E-state index in [1.54, 1.807) is 11.0 Å². The maximum absolute atomic E-state index is 11.9. The summed E-state index contributed by atoms with van der Waals surface area (Å²) < 4.78 is 27.5. The molecule has 0 radical (unpaired) electrons. The molecule has 6 nitrogen and oxygen atoms in total. The highest BCUT2D eigenvalue weighted by Crippen LogP contribution is 2.21. The Morgan fingerprint density at radius 2 is 2.06 bits per heavy atom. The van der Waals surface area contributed by atoms with Crippen molar-refractivity contribution in [3.05, 3.63) is 17.0 Å². The summed E-state index contributed by atoms with van der Waals surface area (Å²) in [7, 11) is -3.67. The Kier molecular flexibility index (Phi) is 4.00. The van der Waals surface area contributed by atoms with Crippen molar-refractivity contribution in [2.24, 2.45) is 5.14 Å². The lowest BCUT2D eigenvalue weighted by Crippen LogP contribution is -2.41. The molecule has 0 saturated carbocycles. The van der Waals surface area contributed by atoms with Gasteiger partial charge in [0.2, 0.25) is 15.9 Å². The number of hydrogen-bond acceptors (Lipinski definition) is 5. The Hall–Kier alpha value is -0.960. The molecule has 0 aliphatic carbocycles. The Balaban J connectivity index is 2.01. The Morgan fingerprint density at radius 3 is 2.61 bits per heavy atom. The van der Waals surface area contributed by atoms with Crippen molar-refractivity contribution in [2.45, 2.75) is 10.6 Å². The van der Waals surface area contributed by atoms with E-state index in [4.69, 9.17) is 9.88 Å². The van der Waals surface area contributed by atoms with Gasteiger partial charge < -0.3 is 9.64 Å². The van der Waals surface area contributed by atoms with E-state index in [0.717, 1.165) is 11.3 Å². The number of thiophene rings is 1. The fourth-order valence-corrected chi connectivity index (χ4v) is 3.45. The maximum Gasteiger partial charge on any atom is 0.247 e. The first-order valence-corrected chi connectivity index (χ1v) is 7.80. The number of carbonyl (C=O) groups is 1. The number of morpholine rings is 1. The van der Waals surface area contributed by atoms with Crippen LogP contribution >= 0.6 is 11.3 Å². The number of amides is 1. The average Bonchev–Trinajstić information content (AvgIpc) is 2.78. The monoisotopic (exact) mass is 290 g/mol. The van der Waals surface area contributed by atoms with Crippen LogP contribution in [0.4, 0.5) is 0 Å². The van der Waals surface area contributed by atoms with E-state index < -0.39 is 10.0 Å². The lowest BCUT2D eigenvalue weighted by Gasteiger charge is -2.26. The van der Waals surface area contributed by atoms with Crippen molar-refractivity contribution in [3.63, 3.8) is 0 Å². The van der Waals surface area contributed by atoms with E-state index in [9.17, 15) is 13.2 Å². The minimum Gasteiger partial charge on any atom is -0.378 e. The number of primary sulfonamides is 1. The SMILES string of the molecule is NS(=O)(=O)c1ccc(CC(=O)N2CCOCC2)s1. The first-order valence-electron chi connectivity index (χ1n) is 5.44. The van der Waals surface area contributed by atoms with Crippen molar-refractivity contribution in [1.82, 2.24) is 4.90 Å². The van der Waals surface area contributed by atoms with Gasteiger partial charge in [-0.15, -0.1) is 11.3 Å². The van der Waals surface area contributed by atoms with Crippen LogP contribution in [-0.2, 0) is 26.0 Å². The third-order valence-corrected chi connectivity index (χ3v) is 5.13. The molecule has 18 heavy (non-hydrogen) atoms. The quantitative estimate of drug-likeness (QED) is 0.834. The molecule has 1 fully saturated rings. The summed E-state index contributed by atoms with van der Waals surface area (Å²) in [6.45, 7) is 2.29.